The molecule has 1 heterocycles. The van der Waals surface area contributed by atoms with Gasteiger partial charge in [0, 0.05) is 13.1 Å². The molecule has 0 saturated carbocycles. The molecule has 0 N–H and O–H groups in total. The molecule has 210 valence electrons. The van der Waals surface area contributed by atoms with E-state index in [1.165, 1.54) is 37.1 Å². The first-order valence-corrected chi connectivity index (χ1v) is 14.8. The lowest BCUT2D eigenvalue weighted by Crippen LogP contribution is -2.47. The van der Waals surface area contributed by atoms with Crippen molar-refractivity contribution in [3.8, 4) is 0 Å². The van der Waals surface area contributed by atoms with Crippen LogP contribution in [0.3, 0.4) is 0 Å². The molecule has 0 spiro atoms. The number of carboxylic acids is 1. The third-order valence-electron chi connectivity index (χ3n) is 7.34. The van der Waals surface area contributed by atoms with Crippen LogP contribution >= 0.6 is 0 Å². The van der Waals surface area contributed by atoms with Gasteiger partial charge in [0.05, 0.1) is 13.6 Å². The van der Waals surface area contributed by atoms with E-state index in [0.717, 1.165) is 57.3 Å². The summed E-state index contributed by atoms with van der Waals surface area (Å²) in [4.78, 5) is 24.5. The van der Waals surface area contributed by atoms with Gasteiger partial charge < -0.3 is 14.8 Å². The summed E-state index contributed by atoms with van der Waals surface area (Å²) < 4.78 is 4.40. The van der Waals surface area contributed by atoms with E-state index in [1.54, 1.807) is 0 Å². The van der Waals surface area contributed by atoms with Gasteiger partial charge >= 0.3 is 0 Å². The van der Waals surface area contributed by atoms with E-state index >= 15 is 0 Å². The second-order valence-electron chi connectivity index (χ2n) is 10.5. The van der Waals surface area contributed by atoms with Gasteiger partial charge in [-0.05, 0) is 43.4 Å². The lowest BCUT2D eigenvalue weighted by molar-refractivity contribution is -0.703. The zero-order valence-electron chi connectivity index (χ0n) is 24.6. The second-order valence-corrected chi connectivity index (χ2v) is 10.5. The first-order chi connectivity index (χ1) is 17.3. The Labute approximate surface area is 222 Å². The predicted octanol–water partition coefficient (Wildman–Crippen LogP) is 5.53. The van der Waals surface area contributed by atoms with Crippen LogP contribution in [0.5, 0.6) is 0 Å². The molecule has 0 saturated heterocycles. The fraction of sp³-hybridized carbons (Fsp3) is 0.833. The van der Waals surface area contributed by atoms with Crippen molar-refractivity contribution in [3.63, 3.8) is 0 Å². The van der Waals surface area contributed by atoms with Crippen molar-refractivity contribution in [2.24, 2.45) is 24.8 Å². The highest BCUT2D eigenvalue weighted by molar-refractivity contribution is 6.30. The van der Waals surface area contributed by atoms with Crippen LogP contribution in [-0.4, -0.2) is 34.4 Å². The summed E-state index contributed by atoms with van der Waals surface area (Å²) in [6.07, 6.45) is 20.3. The number of rotatable bonds is 18. The van der Waals surface area contributed by atoms with Crippen LogP contribution in [-0.2, 0) is 23.2 Å². The Morgan fingerprint density at radius 1 is 0.806 bits per heavy atom. The molecule has 1 rings (SSSR count). The maximum absolute atomic E-state index is 12.0. The Kier molecular flexibility index (Phi) is 20.2. The summed E-state index contributed by atoms with van der Waals surface area (Å²) in [7, 11) is 2.07. The van der Waals surface area contributed by atoms with Gasteiger partial charge in [-0.3, -0.25) is 4.79 Å². The summed E-state index contributed by atoms with van der Waals surface area (Å²) >= 11 is 0. The molecule has 0 aliphatic heterocycles. The normalized spacial score (nSPS) is 13.4. The number of nitrogens with zero attached hydrogens (tertiary/aromatic N) is 3. The second kappa shape index (κ2) is 21.3. The number of aromatic nitrogens is 2. The Bertz CT molecular complexity index is 671. The van der Waals surface area contributed by atoms with Crippen molar-refractivity contribution in [1.82, 2.24) is 9.47 Å². The number of unbranched alkanes of at least 4 members (excludes halogenated alkanes) is 3. The van der Waals surface area contributed by atoms with Crippen LogP contribution in [0.1, 0.15) is 119 Å². The Hall–Kier alpha value is -1.85. The van der Waals surface area contributed by atoms with Gasteiger partial charge in [-0.25, -0.2) is 9.13 Å². The van der Waals surface area contributed by atoms with Crippen LogP contribution in [0.25, 0.3) is 0 Å². The lowest BCUT2D eigenvalue weighted by atomic mass is 9.95. The van der Waals surface area contributed by atoms with Gasteiger partial charge in [-0.2, -0.15) is 0 Å². The molecule has 1 aromatic heterocycles. The highest BCUT2D eigenvalue weighted by Gasteiger charge is 2.21. The predicted molar refractivity (Wildman–Crippen MR) is 147 cm³/mol. The van der Waals surface area contributed by atoms with E-state index in [9.17, 15) is 14.7 Å². The number of carbonyl (C=O) groups excluding carboxylic acids is 2. The monoisotopic (exact) mass is 507 g/mol. The van der Waals surface area contributed by atoms with Crippen LogP contribution in [0.4, 0.5) is 0 Å². The van der Waals surface area contributed by atoms with Gasteiger partial charge in [0.1, 0.15) is 18.4 Å². The minimum absolute atomic E-state index is 0.381. The standard InChI is InChI=1S/C18H35NO3.C12H23N2/c1-5-9-11-15(7-3)13-19(17(20)18(21)22)14-16(8-4)12-10-6-2;1-4-6-7-12(5-2)10-14-9-8-13(3)11-14/h15-16H,5-14H2,1-4H3,(H,21,22);8-9,11-12H,4-7,10H2,1-3H3/q;+1/p-1. The van der Waals surface area contributed by atoms with Crippen molar-refractivity contribution < 1.29 is 19.3 Å². The van der Waals surface area contributed by atoms with Gasteiger partial charge in [0.15, 0.2) is 0 Å². The quantitative estimate of drug-likeness (QED) is 0.194. The van der Waals surface area contributed by atoms with E-state index in [1.807, 2.05) is 0 Å². The molecule has 0 bridgehead atoms. The highest BCUT2D eigenvalue weighted by Crippen LogP contribution is 2.19. The summed E-state index contributed by atoms with van der Waals surface area (Å²) in [5.74, 6) is -0.804. The average Bonchev–Trinajstić information content (AvgIpc) is 3.29. The van der Waals surface area contributed by atoms with E-state index < -0.39 is 11.9 Å². The SMILES string of the molecule is CCCCC(CC)CN(CC(CC)CCCC)C(=O)C(=O)[O-].CCCCC(CC)C[n+]1ccn(C)c1. The topological polar surface area (TPSA) is 69.2 Å². The number of hydrogen-bond acceptors (Lipinski definition) is 3. The molecule has 1 amide bonds. The number of imidazole rings is 1. The van der Waals surface area contributed by atoms with Crippen LogP contribution in [0, 0.1) is 17.8 Å². The first kappa shape index (κ1) is 34.1. The molecule has 6 nitrogen and oxygen atoms in total. The number of amides is 1. The Morgan fingerprint density at radius 2 is 1.25 bits per heavy atom. The van der Waals surface area contributed by atoms with Crippen LogP contribution in [0.2, 0.25) is 0 Å². The van der Waals surface area contributed by atoms with Crippen LogP contribution < -0.4 is 9.67 Å². The van der Waals surface area contributed by atoms with Crippen LogP contribution in [0.15, 0.2) is 18.7 Å². The number of carboxylic acid groups (broad SMARTS) is 1. The smallest absolute Gasteiger partial charge is 0.269 e. The molecule has 1 aromatic rings. The summed E-state index contributed by atoms with van der Waals surface area (Å²) in [5, 5.41) is 11.0. The number of aryl methyl sites for hydroxylation is 1. The minimum atomic E-state index is -1.57. The van der Waals surface area contributed by atoms with Crippen molar-refractivity contribution in [1.29, 1.82) is 0 Å². The summed E-state index contributed by atoms with van der Waals surface area (Å²) in [6, 6.07) is 0. The Morgan fingerprint density at radius 3 is 1.58 bits per heavy atom. The van der Waals surface area contributed by atoms with E-state index in [4.69, 9.17) is 0 Å². The van der Waals surface area contributed by atoms with E-state index in [-0.39, 0.29) is 0 Å². The zero-order chi connectivity index (χ0) is 27.3. The number of hydrogen-bond donors (Lipinski definition) is 0. The van der Waals surface area contributed by atoms with Gasteiger partial charge in [0.2, 0.25) is 6.33 Å². The summed E-state index contributed by atoms with van der Waals surface area (Å²) in [5.41, 5.74) is 0. The van der Waals surface area contributed by atoms with E-state index in [0.29, 0.717) is 24.9 Å². The van der Waals surface area contributed by atoms with Crippen molar-refractivity contribution in [3.05, 3.63) is 18.7 Å². The van der Waals surface area contributed by atoms with Crippen molar-refractivity contribution >= 4 is 11.9 Å². The highest BCUT2D eigenvalue weighted by atomic mass is 16.4. The van der Waals surface area contributed by atoms with E-state index in [2.05, 4.69) is 76.4 Å². The maximum atomic E-state index is 12.0. The first-order valence-electron chi connectivity index (χ1n) is 14.8. The third kappa shape index (κ3) is 15.3. The molecule has 0 aliphatic rings. The number of aliphatic carboxylic acids is 1. The Balaban J connectivity index is 0.000000748. The van der Waals surface area contributed by atoms with Crippen molar-refractivity contribution in [2.75, 3.05) is 13.1 Å². The molecule has 3 unspecified atom stereocenters. The molecule has 3 atom stereocenters. The maximum Gasteiger partial charge on any atom is 0.269 e. The van der Waals surface area contributed by atoms with Gasteiger partial charge in [-0.1, -0.05) is 92.9 Å². The average molecular weight is 508 g/mol. The van der Waals surface area contributed by atoms with Gasteiger partial charge in [-0.15, -0.1) is 0 Å². The van der Waals surface area contributed by atoms with Crippen molar-refractivity contribution in [2.45, 2.75) is 125 Å². The number of carbonyl (C=O) groups is 2. The largest absolute Gasteiger partial charge is 0.540 e. The van der Waals surface area contributed by atoms with Gasteiger partial charge in [0.25, 0.3) is 5.91 Å². The zero-order valence-corrected chi connectivity index (χ0v) is 24.6. The molecular formula is C30H57N3O3. The molecule has 6 heteroatoms. The molecule has 0 aromatic carbocycles. The molecule has 0 aliphatic carbocycles. The summed E-state index contributed by atoms with van der Waals surface area (Å²) in [6.45, 7) is 15.3. The molecule has 0 fully saturated rings. The molecule has 0 radical (unpaired) electrons. The molecule has 36 heavy (non-hydrogen) atoms. The lowest BCUT2D eigenvalue weighted by Gasteiger charge is -2.31. The minimum Gasteiger partial charge on any atom is -0.540 e. The fourth-order valence-corrected chi connectivity index (χ4v) is 4.65. The fourth-order valence-electron chi connectivity index (χ4n) is 4.65. The third-order valence-corrected chi connectivity index (χ3v) is 7.34. The molecular weight excluding hydrogens is 450 g/mol.